The monoisotopic (exact) mass is 944 g/mol. The van der Waals surface area contributed by atoms with Crippen LogP contribution in [-0.4, -0.2) is 0 Å². The lowest BCUT2D eigenvalue weighted by molar-refractivity contribution is 0.484. The molecule has 4 aliphatic carbocycles. The Bertz CT molecular complexity index is 3530. The van der Waals surface area contributed by atoms with Gasteiger partial charge in [0.1, 0.15) is 0 Å². The van der Waals surface area contributed by atoms with Crippen molar-refractivity contribution in [1.29, 1.82) is 0 Å². The average molecular weight is 945 g/mol. The van der Waals surface area contributed by atoms with E-state index in [-0.39, 0.29) is 21.7 Å². The Kier molecular flexibility index (Phi) is 10.0. The van der Waals surface area contributed by atoms with Crippen LogP contribution in [0.3, 0.4) is 0 Å². The summed E-state index contributed by atoms with van der Waals surface area (Å²) in [6.45, 7) is 19.3. The van der Waals surface area contributed by atoms with Gasteiger partial charge in [0.25, 0.3) is 0 Å². The molecule has 70 heavy (non-hydrogen) atoms. The van der Waals surface area contributed by atoms with Crippen LogP contribution in [0.15, 0.2) is 146 Å². The summed E-state index contributed by atoms with van der Waals surface area (Å²) in [4.78, 5) is 0. The first-order valence-electron chi connectivity index (χ1n) is 26.8. The second-order valence-corrected chi connectivity index (χ2v) is 23.0. The lowest BCUT2D eigenvalue weighted by Crippen LogP contribution is -2.26. The maximum Gasteiger partial charge on any atom is 0.0440 e. The third-order valence-electron chi connectivity index (χ3n) is 19.2. The molecule has 14 rings (SSSR count). The molecule has 4 aliphatic rings. The Balaban J connectivity index is 0.000000137. The van der Waals surface area contributed by atoms with Crippen molar-refractivity contribution in [3.8, 4) is 44.5 Å². The van der Waals surface area contributed by atoms with E-state index >= 15 is 0 Å². The van der Waals surface area contributed by atoms with E-state index in [0.29, 0.717) is 0 Å². The Morgan fingerprint density at radius 1 is 0.286 bits per heavy atom. The van der Waals surface area contributed by atoms with Crippen molar-refractivity contribution in [2.45, 2.75) is 128 Å². The van der Waals surface area contributed by atoms with Crippen LogP contribution in [0.25, 0.3) is 84.9 Å². The van der Waals surface area contributed by atoms with Gasteiger partial charge in [-0.2, -0.15) is 0 Å². The minimum atomic E-state index is 0.0606. The van der Waals surface area contributed by atoms with E-state index in [4.69, 9.17) is 0 Å². The fraction of sp³-hybridized carbons (Fsp3) is 0.294. The van der Waals surface area contributed by atoms with E-state index in [1.54, 1.807) is 44.5 Å². The van der Waals surface area contributed by atoms with Crippen LogP contribution in [0.5, 0.6) is 0 Å². The van der Waals surface area contributed by atoms with E-state index < -0.39 is 0 Å². The number of hydrogen-bond donors (Lipinski definition) is 0. The number of benzene rings is 8. The highest BCUT2D eigenvalue weighted by atomic mass is 32.1. The maximum atomic E-state index is 2.43. The molecule has 2 heteroatoms. The summed E-state index contributed by atoms with van der Waals surface area (Å²) in [7, 11) is 0. The molecule has 0 nitrogen and oxygen atoms in total. The fourth-order valence-corrected chi connectivity index (χ4v) is 18.4. The summed E-state index contributed by atoms with van der Waals surface area (Å²) >= 11 is 4.04. The summed E-state index contributed by atoms with van der Waals surface area (Å²) in [5.74, 6) is 0. The van der Waals surface area contributed by atoms with Crippen molar-refractivity contribution >= 4 is 63.0 Å². The molecule has 0 amide bonds. The summed E-state index contributed by atoms with van der Waals surface area (Å²) < 4.78 is 5.85. The largest absolute Gasteiger partial charge is 0.135 e. The normalized spacial score (nSPS) is 16.3. The molecule has 0 N–H and O–H groups in total. The van der Waals surface area contributed by atoms with Crippen LogP contribution in [-0.2, 0) is 21.7 Å². The predicted octanol–water partition coefficient (Wildman–Crippen LogP) is 20.5. The molecular formula is C68H64S2. The molecule has 0 aliphatic heterocycles. The van der Waals surface area contributed by atoms with Gasteiger partial charge in [-0.1, -0.05) is 189 Å². The van der Waals surface area contributed by atoms with Gasteiger partial charge in [0, 0.05) is 73.1 Å². The van der Waals surface area contributed by atoms with E-state index in [0.717, 1.165) is 51.4 Å². The summed E-state index contributed by atoms with van der Waals surface area (Å²) in [5.41, 5.74) is 25.0. The molecule has 10 aromatic rings. The number of rotatable bonds is 8. The molecule has 2 aromatic heterocycles. The van der Waals surface area contributed by atoms with Crippen molar-refractivity contribution < 1.29 is 0 Å². The average Bonchev–Trinajstić information content (AvgIpc) is 4.25. The van der Waals surface area contributed by atoms with Crippen molar-refractivity contribution in [3.63, 3.8) is 0 Å². The zero-order valence-corrected chi connectivity index (χ0v) is 44.0. The van der Waals surface area contributed by atoms with Gasteiger partial charge in [-0.05, 0) is 141 Å². The van der Waals surface area contributed by atoms with Crippen molar-refractivity contribution in [1.82, 2.24) is 0 Å². The first kappa shape index (κ1) is 44.2. The van der Waals surface area contributed by atoms with Crippen molar-refractivity contribution in [2.24, 2.45) is 0 Å². The number of fused-ring (bicyclic) bond motifs is 24. The molecule has 0 spiro atoms. The predicted molar refractivity (Wildman–Crippen MR) is 306 cm³/mol. The van der Waals surface area contributed by atoms with Gasteiger partial charge < -0.3 is 0 Å². The Labute approximate surface area is 423 Å². The molecule has 2 heterocycles. The van der Waals surface area contributed by atoms with Crippen LogP contribution in [0, 0.1) is 0 Å². The standard InChI is InChI=1S/2C34H32S/c2*1-5-33(6-2)24-18-12-9-15-21(24)27-30-28(22-16-10-13-19-25(22)34(30,7-3)8-4)32-29(31(27)33)23-17-11-14-20-26(23)35-32/h2*9-20H,5-8H2,1-4H3. The molecule has 0 bridgehead atoms. The molecule has 0 saturated carbocycles. The zero-order chi connectivity index (χ0) is 47.9. The van der Waals surface area contributed by atoms with Gasteiger partial charge in [0.15, 0.2) is 0 Å². The molecule has 8 aromatic carbocycles. The first-order chi connectivity index (χ1) is 34.3. The summed E-state index contributed by atoms with van der Waals surface area (Å²) in [6.07, 6.45) is 9.03. The number of thiophene rings is 2. The minimum Gasteiger partial charge on any atom is -0.135 e. The van der Waals surface area contributed by atoms with Gasteiger partial charge in [0.05, 0.1) is 0 Å². The van der Waals surface area contributed by atoms with E-state index in [1.807, 2.05) is 22.7 Å². The van der Waals surface area contributed by atoms with Crippen LogP contribution < -0.4 is 0 Å². The first-order valence-corrected chi connectivity index (χ1v) is 28.4. The van der Waals surface area contributed by atoms with Crippen molar-refractivity contribution in [2.75, 3.05) is 0 Å². The second-order valence-electron chi connectivity index (χ2n) is 20.9. The van der Waals surface area contributed by atoms with Crippen LogP contribution >= 0.6 is 22.7 Å². The highest BCUT2D eigenvalue weighted by molar-refractivity contribution is 7.27. The Morgan fingerprint density at radius 2 is 0.543 bits per heavy atom. The SMILES string of the molecule is CCC1(CC)c2ccccc2-c2c1c1c(c3c2sc2ccccc23)C(CC)(CC)c2ccccc2-1.CCC1(CC)c2ccccc2-c2c1c1c(c3c2sc2ccccc23)C(CC)(CC)c2ccccc2-1. The highest BCUT2D eigenvalue weighted by Crippen LogP contribution is 2.68. The van der Waals surface area contributed by atoms with Gasteiger partial charge in [-0.15, -0.1) is 22.7 Å². The topological polar surface area (TPSA) is 0 Å². The van der Waals surface area contributed by atoms with Crippen LogP contribution in [0.1, 0.15) is 151 Å². The molecule has 0 fully saturated rings. The fourth-order valence-electron chi connectivity index (χ4n) is 15.8. The van der Waals surface area contributed by atoms with E-state index in [9.17, 15) is 0 Å². The molecule has 0 saturated heterocycles. The lowest BCUT2D eigenvalue weighted by Gasteiger charge is -2.34. The van der Waals surface area contributed by atoms with Crippen LogP contribution in [0.2, 0.25) is 0 Å². The van der Waals surface area contributed by atoms with E-state index in [1.165, 1.54) is 84.9 Å². The van der Waals surface area contributed by atoms with Gasteiger partial charge in [-0.25, -0.2) is 0 Å². The summed E-state index contributed by atoms with van der Waals surface area (Å²) in [5, 5.41) is 5.93. The third-order valence-corrected chi connectivity index (χ3v) is 21.6. The molecule has 348 valence electrons. The second kappa shape index (κ2) is 15.9. The Morgan fingerprint density at radius 3 is 0.857 bits per heavy atom. The minimum absolute atomic E-state index is 0.0606. The Hall–Kier alpha value is -5.80. The van der Waals surface area contributed by atoms with E-state index in [2.05, 4.69) is 201 Å². The molecule has 0 radical (unpaired) electrons. The number of hydrogen-bond acceptors (Lipinski definition) is 2. The smallest absolute Gasteiger partial charge is 0.0440 e. The van der Waals surface area contributed by atoms with Gasteiger partial charge in [0.2, 0.25) is 0 Å². The molecule has 0 unspecified atom stereocenters. The van der Waals surface area contributed by atoms with Gasteiger partial charge in [-0.3, -0.25) is 0 Å². The summed E-state index contributed by atoms with van der Waals surface area (Å²) in [6, 6.07) is 55.6. The zero-order valence-electron chi connectivity index (χ0n) is 42.3. The molecule has 0 atom stereocenters. The van der Waals surface area contributed by atoms with Crippen LogP contribution in [0.4, 0.5) is 0 Å². The lowest BCUT2D eigenvalue weighted by atomic mass is 9.69. The maximum absolute atomic E-state index is 2.43. The molecular weight excluding hydrogens is 881 g/mol. The van der Waals surface area contributed by atoms with Crippen molar-refractivity contribution in [3.05, 3.63) is 190 Å². The third kappa shape index (κ3) is 5.17. The quantitative estimate of drug-likeness (QED) is 0.142. The highest BCUT2D eigenvalue weighted by Gasteiger charge is 2.53. The van der Waals surface area contributed by atoms with Gasteiger partial charge >= 0.3 is 0 Å².